The number of aliphatic imine (C=N–C) groups is 1. The highest BCUT2D eigenvalue weighted by molar-refractivity contribution is 7.11. The molecule has 1 unspecified atom stereocenters. The Morgan fingerprint density at radius 1 is 1.33 bits per heavy atom. The fourth-order valence-electron chi connectivity index (χ4n) is 3.52. The van der Waals surface area contributed by atoms with E-state index in [4.69, 9.17) is 0 Å². The van der Waals surface area contributed by atoms with E-state index in [2.05, 4.69) is 46.5 Å². The Labute approximate surface area is 151 Å². The number of guanidine groups is 1. The molecule has 0 saturated heterocycles. The smallest absolute Gasteiger partial charge is 0.191 e. The topological polar surface area (TPSA) is 52.6 Å². The Kier molecular flexibility index (Phi) is 7.99. The number of hydrogen-bond donors (Lipinski definition) is 2. The summed E-state index contributed by atoms with van der Waals surface area (Å²) in [6, 6.07) is 0.575. The van der Waals surface area contributed by atoms with Crippen molar-refractivity contribution in [2.45, 2.75) is 51.5 Å². The van der Waals surface area contributed by atoms with Gasteiger partial charge in [-0.3, -0.25) is 4.99 Å². The summed E-state index contributed by atoms with van der Waals surface area (Å²) in [5, 5.41) is 8.12. The van der Waals surface area contributed by atoms with Crippen molar-refractivity contribution in [3.05, 3.63) is 16.1 Å². The van der Waals surface area contributed by atoms with Crippen molar-refractivity contribution in [1.82, 2.24) is 20.5 Å². The average Bonchev–Trinajstić information content (AvgIpc) is 2.99. The highest BCUT2D eigenvalue weighted by Crippen LogP contribution is 2.28. The van der Waals surface area contributed by atoms with Gasteiger partial charge in [-0.05, 0) is 39.8 Å². The Balaban J connectivity index is 1.76. The van der Waals surface area contributed by atoms with Gasteiger partial charge in [0.1, 0.15) is 0 Å². The molecular weight excluding hydrogens is 318 g/mol. The molecule has 0 radical (unpaired) electrons. The van der Waals surface area contributed by atoms with Crippen LogP contribution in [0.3, 0.4) is 0 Å². The van der Waals surface area contributed by atoms with Gasteiger partial charge in [0.15, 0.2) is 5.96 Å². The molecule has 1 heterocycles. The Bertz CT molecular complexity index is 505. The van der Waals surface area contributed by atoms with Gasteiger partial charge < -0.3 is 15.5 Å². The molecule has 0 spiro atoms. The second-order valence-corrected chi connectivity index (χ2v) is 8.24. The molecule has 2 N–H and O–H groups in total. The fraction of sp³-hybridized carbons (Fsp3) is 0.778. The van der Waals surface area contributed by atoms with Crippen molar-refractivity contribution in [3.8, 4) is 0 Å². The quantitative estimate of drug-likeness (QED) is 0.586. The summed E-state index contributed by atoms with van der Waals surface area (Å²) in [5.41, 5.74) is 0. The monoisotopic (exact) mass is 351 g/mol. The van der Waals surface area contributed by atoms with E-state index in [1.165, 1.54) is 42.0 Å². The first-order chi connectivity index (χ1) is 11.6. The third-order valence-corrected chi connectivity index (χ3v) is 5.83. The highest BCUT2D eigenvalue weighted by atomic mass is 32.1. The molecule has 1 aromatic heterocycles. The number of nitrogens with one attached hydrogen (secondary N) is 2. The predicted octanol–water partition coefficient (Wildman–Crippen LogP) is 2.67. The average molecular weight is 352 g/mol. The number of aromatic nitrogens is 1. The lowest BCUT2D eigenvalue weighted by molar-refractivity contribution is 0.171. The van der Waals surface area contributed by atoms with Gasteiger partial charge in [0, 0.05) is 43.7 Å². The normalized spacial score (nSPS) is 18.0. The summed E-state index contributed by atoms with van der Waals surface area (Å²) in [4.78, 5) is 12.4. The van der Waals surface area contributed by atoms with Gasteiger partial charge in [0.05, 0.1) is 5.01 Å². The van der Waals surface area contributed by atoms with Gasteiger partial charge in [-0.1, -0.05) is 19.3 Å². The summed E-state index contributed by atoms with van der Waals surface area (Å²) in [7, 11) is 6.23. The van der Waals surface area contributed by atoms with Crippen LogP contribution in [0.25, 0.3) is 0 Å². The number of aryl methyl sites for hydroxylation is 1. The molecule has 0 aromatic carbocycles. The predicted molar refractivity (Wildman–Crippen MR) is 104 cm³/mol. The number of thiazole rings is 1. The molecule has 6 heteroatoms. The van der Waals surface area contributed by atoms with Crippen molar-refractivity contribution >= 4 is 17.3 Å². The summed E-state index contributed by atoms with van der Waals surface area (Å²) < 4.78 is 0. The Morgan fingerprint density at radius 3 is 2.67 bits per heavy atom. The van der Waals surface area contributed by atoms with Gasteiger partial charge >= 0.3 is 0 Å². The third kappa shape index (κ3) is 6.06. The van der Waals surface area contributed by atoms with E-state index in [9.17, 15) is 0 Å². The van der Waals surface area contributed by atoms with Crippen LogP contribution in [-0.2, 0) is 6.42 Å². The van der Waals surface area contributed by atoms with E-state index in [1.807, 2.05) is 13.2 Å². The van der Waals surface area contributed by atoms with Crippen LogP contribution in [0.5, 0.6) is 0 Å². The molecule has 1 aliphatic carbocycles. The molecule has 1 fully saturated rings. The lowest BCUT2D eigenvalue weighted by Gasteiger charge is -2.35. The first-order valence-electron chi connectivity index (χ1n) is 9.12. The molecule has 1 atom stereocenters. The molecule has 0 aliphatic heterocycles. The highest BCUT2D eigenvalue weighted by Gasteiger charge is 2.25. The fourth-order valence-corrected chi connectivity index (χ4v) is 4.30. The summed E-state index contributed by atoms with van der Waals surface area (Å²) in [5.74, 6) is 1.70. The number of hydrogen-bond acceptors (Lipinski definition) is 4. The van der Waals surface area contributed by atoms with Crippen molar-refractivity contribution in [2.75, 3.05) is 34.2 Å². The first-order valence-corrected chi connectivity index (χ1v) is 9.94. The van der Waals surface area contributed by atoms with Crippen LogP contribution >= 0.6 is 11.3 Å². The van der Waals surface area contributed by atoms with E-state index >= 15 is 0 Å². The minimum Gasteiger partial charge on any atom is -0.356 e. The maximum absolute atomic E-state index is 4.41. The Hall–Kier alpha value is -1.14. The van der Waals surface area contributed by atoms with E-state index in [0.29, 0.717) is 6.04 Å². The first kappa shape index (κ1) is 19.2. The van der Waals surface area contributed by atoms with Crippen LogP contribution < -0.4 is 10.6 Å². The van der Waals surface area contributed by atoms with Crippen LogP contribution in [0.4, 0.5) is 0 Å². The lowest BCUT2D eigenvalue weighted by atomic mass is 9.83. The van der Waals surface area contributed by atoms with Crippen LogP contribution in [0.2, 0.25) is 0 Å². The minimum absolute atomic E-state index is 0.575. The zero-order valence-corrected chi connectivity index (χ0v) is 16.5. The summed E-state index contributed by atoms with van der Waals surface area (Å²) in [6.07, 6.45) is 9.78. The zero-order chi connectivity index (χ0) is 17.4. The molecule has 24 heavy (non-hydrogen) atoms. The molecule has 1 aromatic rings. The maximum Gasteiger partial charge on any atom is 0.191 e. The van der Waals surface area contributed by atoms with E-state index in [0.717, 1.165) is 31.4 Å². The molecule has 1 aliphatic rings. The van der Waals surface area contributed by atoms with Gasteiger partial charge in [0.2, 0.25) is 0 Å². The Morgan fingerprint density at radius 2 is 2.08 bits per heavy atom. The maximum atomic E-state index is 4.41. The van der Waals surface area contributed by atoms with Crippen LogP contribution in [-0.4, -0.2) is 56.1 Å². The molecule has 1 saturated carbocycles. The van der Waals surface area contributed by atoms with Gasteiger partial charge in [-0.2, -0.15) is 0 Å². The van der Waals surface area contributed by atoms with Crippen molar-refractivity contribution in [2.24, 2.45) is 10.9 Å². The van der Waals surface area contributed by atoms with Crippen molar-refractivity contribution in [3.63, 3.8) is 0 Å². The molecular formula is C18H33N5S. The molecule has 2 rings (SSSR count). The summed E-state index contributed by atoms with van der Waals surface area (Å²) in [6.45, 7) is 3.91. The zero-order valence-electron chi connectivity index (χ0n) is 15.6. The van der Waals surface area contributed by atoms with E-state index < -0.39 is 0 Å². The van der Waals surface area contributed by atoms with Crippen LogP contribution in [0.1, 0.15) is 42.0 Å². The van der Waals surface area contributed by atoms with Gasteiger partial charge in [-0.15, -0.1) is 11.3 Å². The largest absolute Gasteiger partial charge is 0.356 e. The summed E-state index contributed by atoms with van der Waals surface area (Å²) >= 11 is 1.77. The molecule has 5 nitrogen and oxygen atoms in total. The SMILES string of the molecule is CN=C(NCCc1ncc(C)s1)NCC(C1CCCCC1)N(C)C. The second-order valence-electron chi connectivity index (χ2n) is 6.92. The van der Waals surface area contributed by atoms with Crippen LogP contribution in [0.15, 0.2) is 11.2 Å². The number of rotatable bonds is 7. The molecule has 0 bridgehead atoms. The van der Waals surface area contributed by atoms with Gasteiger partial charge in [0.25, 0.3) is 0 Å². The van der Waals surface area contributed by atoms with E-state index in [1.54, 1.807) is 11.3 Å². The molecule has 136 valence electrons. The standard InChI is InChI=1S/C18H33N5S/c1-14-12-21-17(24-14)10-11-20-18(19-2)22-13-16(23(3)4)15-8-6-5-7-9-15/h12,15-16H,5-11,13H2,1-4H3,(H2,19,20,22). The second kappa shape index (κ2) is 9.99. The number of likely N-dealkylation sites (N-methyl/N-ethyl adjacent to an activating group) is 1. The van der Waals surface area contributed by atoms with E-state index in [-0.39, 0.29) is 0 Å². The number of nitrogens with zero attached hydrogens (tertiary/aromatic N) is 3. The third-order valence-electron chi connectivity index (χ3n) is 4.86. The molecule has 0 amide bonds. The van der Waals surface area contributed by atoms with Crippen molar-refractivity contribution in [1.29, 1.82) is 0 Å². The van der Waals surface area contributed by atoms with Crippen LogP contribution in [0, 0.1) is 12.8 Å². The lowest BCUT2D eigenvalue weighted by Crippen LogP contribution is -2.48. The minimum atomic E-state index is 0.575. The van der Waals surface area contributed by atoms with Gasteiger partial charge in [-0.25, -0.2) is 4.98 Å². The van der Waals surface area contributed by atoms with Crippen molar-refractivity contribution < 1.29 is 0 Å².